The van der Waals surface area contributed by atoms with Crippen LogP contribution in [0.15, 0.2) is 103 Å². The maximum Gasteiger partial charge on any atom is 0.417 e. The summed E-state index contributed by atoms with van der Waals surface area (Å²) < 4.78 is 52.7. The van der Waals surface area contributed by atoms with Gasteiger partial charge in [-0.3, -0.25) is 9.69 Å². The minimum Gasteiger partial charge on any atom is -0.494 e. The van der Waals surface area contributed by atoms with Gasteiger partial charge in [-0.2, -0.15) is 13.2 Å². The molecule has 4 aromatic carbocycles. The van der Waals surface area contributed by atoms with E-state index in [-0.39, 0.29) is 35.9 Å². The van der Waals surface area contributed by atoms with E-state index in [1.807, 2.05) is 60.7 Å². The first-order valence-corrected chi connectivity index (χ1v) is 16.4. The molecule has 0 saturated carbocycles. The summed E-state index contributed by atoms with van der Waals surface area (Å²) in [5.41, 5.74) is 2.68. The number of nitrogens with zero attached hydrogens (tertiary/aromatic N) is 1. The van der Waals surface area contributed by atoms with Gasteiger partial charge in [-0.1, -0.05) is 96.5 Å². The van der Waals surface area contributed by atoms with Crippen LogP contribution in [0.25, 0.3) is 0 Å². The molecule has 1 atom stereocenters. The highest BCUT2D eigenvalue weighted by Gasteiger charge is 2.34. The minimum atomic E-state index is -4.54. The second kappa shape index (κ2) is 16.8. The molecule has 1 amide bonds. The van der Waals surface area contributed by atoms with Crippen LogP contribution in [0.2, 0.25) is 5.02 Å². The summed E-state index contributed by atoms with van der Waals surface area (Å²) in [7, 11) is 0. The standard InChI is InChI=1S/C38H40ClF3N2O3/c39-37-31(16-8-19-35(37)38(40,41)42)26-44(27-34(29-12-3-1-4-13-29)30-14-5-2-6-15-30)20-10-22-46-32-17-7-11-28(23-32)24-36(45)43-25-33-18-9-21-47-33/h1-8,11-17,19,23,33-34H,9-10,18,20-22,24-27H2,(H,43,45). The molecule has 0 aliphatic carbocycles. The zero-order valence-electron chi connectivity index (χ0n) is 26.2. The first kappa shape index (κ1) is 34.5. The van der Waals surface area contributed by atoms with E-state index >= 15 is 0 Å². The molecule has 5 nitrogen and oxygen atoms in total. The topological polar surface area (TPSA) is 50.8 Å². The lowest BCUT2D eigenvalue weighted by Crippen LogP contribution is -2.32. The van der Waals surface area contributed by atoms with Gasteiger partial charge in [0.1, 0.15) is 5.75 Å². The second-order valence-corrected chi connectivity index (χ2v) is 12.2. The summed E-state index contributed by atoms with van der Waals surface area (Å²) in [5, 5.41) is 2.68. The SMILES string of the molecule is O=C(Cc1cccc(OCCCN(Cc2cccc(C(F)(F)F)c2Cl)CC(c2ccccc2)c2ccccc2)c1)NCC1CCCO1. The van der Waals surface area contributed by atoms with E-state index in [0.717, 1.165) is 42.2 Å². The van der Waals surface area contributed by atoms with Gasteiger partial charge in [0, 0.05) is 38.7 Å². The van der Waals surface area contributed by atoms with Crippen LogP contribution < -0.4 is 10.1 Å². The fourth-order valence-corrected chi connectivity index (χ4v) is 6.23. The first-order valence-electron chi connectivity index (χ1n) is 16.0. The highest BCUT2D eigenvalue weighted by molar-refractivity contribution is 6.32. The van der Waals surface area contributed by atoms with Crippen molar-refractivity contribution in [3.63, 3.8) is 0 Å². The summed E-state index contributed by atoms with van der Waals surface area (Å²) in [6.45, 7) is 3.04. The minimum absolute atomic E-state index is 0.00838. The van der Waals surface area contributed by atoms with Crippen LogP contribution in [-0.2, 0) is 28.7 Å². The van der Waals surface area contributed by atoms with Crippen molar-refractivity contribution in [1.29, 1.82) is 0 Å². The van der Waals surface area contributed by atoms with E-state index in [1.54, 1.807) is 6.07 Å². The maximum atomic E-state index is 13.7. The summed E-state index contributed by atoms with van der Waals surface area (Å²) in [4.78, 5) is 14.6. The second-order valence-electron chi connectivity index (χ2n) is 11.9. The van der Waals surface area contributed by atoms with Crippen molar-refractivity contribution >= 4 is 17.5 Å². The molecule has 47 heavy (non-hydrogen) atoms. The Morgan fingerprint density at radius 1 is 0.957 bits per heavy atom. The molecule has 1 saturated heterocycles. The van der Waals surface area contributed by atoms with Crippen LogP contribution in [0, 0.1) is 0 Å². The van der Waals surface area contributed by atoms with Crippen LogP contribution in [0.3, 0.4) is 0 Å². The Bertz CT molecular complexity index is 1520. The molecule has 5 rings (SSSR count). The van der Waals surface area contributed by atoms with Crippen molar-refractivity contribution in [3.05, 3.63) is 136 Å². The molecule has 4 aromatic rings. The largest absolute Gasteiger partial charge is 0.494 e. The Kier molecular flexibility index (Phi) is 12.3. The predicted molar refractivity (Wildman–Crippen MR) is 179 cm³/mol. The fraction of sp³-hybridized carbons (Fsp3) is 0.342. The Hall–Kier alpha value is -3.85. The van der Waals surface area contributed by atoms with Gasteiger partial charge in [0.15, 0.2) is 0 Å². The number of nitrogens with one attached hydrogen (secondary N) is 1. The highest BCUT2D eigenvalue weighted by Crippen LogP contribution is 2.37. The summed E-state index contributed by atoms with van der Waals surface area (Å²) in [6, 6.07) is 31.8. The normalized spacial score (nSPS) is 14.9. The summed E-state index contributed by atoms with van der Waals surface area (Å²) in [6.07, 6.45) is -1.59. The van der Waals surface area contributed by atoms with Crippen molar-refractivity contribution < 1.29 is 27.4 Å². The molecule has 1 fully saturated rings. The molecule has 0 radical (unpaired) electrons. The lowest BCUT2D eigenvalue weighted by molar-refractivity contribution is -0.137. The number of carbonyl (C=O) groups is 1. The van der Waals surface area contributed by atoms with Gasteiger partial charge in [0.25, 0.3) is 0 Å². The van der Waals surface area contributed by atoms with Crippen LogP contribution >= 0.6 is 11.6 Å². The van der Waals surface area contributed by atoms with Crippen LogP contribution in [-0.4, -0.2) is 49.8 Å². The average Bonchev–Trinajstić information content (AvgIpc) is 3.60. The Labute approximate surface area is 279 Å². The van der Waals surface area contributed by atoms with Gasteiger partial charge in [-0.05, 0) is 59.7 Å². The predicted octanol–water partition coefficient (Wildman–Crippen LogP) is 8.30. The van der Waals surface area contributed by atoms with E-state index in [1.165, 1.54) is 6.07 Å². The lowest BCUT2D eigenvalue weighted by Gasteiger charge is -2.29. The van der Waals surface area contributed by atoms with Crippen LogP contribution in [0.4, 0.5) is 13.2 Å². The van der Waals surface area contributed by atoms with Gasteiger partial charge < -0.3 is 14.8 Å². The summed E-state index contributed by atoms with van der Waals surface area (Å²) in [5.74, 6) is 0.590. The van der Waals surface area contributed by atoms with Crippen molar-refractivity contribution in [2.45, 2.75) is 50.4 Å². The zero-order chi connectivity index (χ0) is 33.1. The monoisotopic (exact) mass is 664 g/mol. The molecule has 1 N–H and O–H groups in total. The van der Waals surface area contributed by atoms with E-state index < -0.39 is 11.7 Å². The zero-order valence-corrected chi connectivity index (χ0v) is 27.0. The Morgan fingerprint density at radius 3 is 2.32 bits per heavy atom. The van der Waals surface area contributed by atoms with E-state index in [2.05, 4.69) is 34.5 Å². The number of ether oxygens (including phenoxy) is 2. The molecule has 1 aliphatic rings. The van der Waals surface area contributed by atoms with Gasteiger partial charge >= 0.3 is 6.18 Å². The number of halogens is 4. The molecular weight excluding hydrogens is 625 g/mol. The van der Waals surface area contributed by atoms with Gasteiger partial charge in [-0.15, -0.1) is 0 Å². The fourth-order valence-electron chi connectivity index (χ4n) is 5.93. The third kappa shape index (κ3) is 10.3. The van der Waals surface area contributed by atoms with Crippen molar-refractivity contribution in [2.75, 3.05) is 32.8 Å². The van der Waals surface area contributed by atoms with Crippen molar-refractivity contribution in [1.82, 2.24) is 10.2 Å². The van der Waals surface area contributed by atoms with Crippen molar-refractivity contribution in [2.24, 2.45) is 0 Å². The molecule has 1 unspecified atom stereocenters. The quantitative estimate of drug-likeness (QED) is 0.130. The number of alkyl halides is 3. The summed E-state index contributed by atoms with van der Waals surface area (Å²) >= 11 is 6.35. The molecule has 0 aromatic heterocycles. The Morgan fingerprint density at radius 2 is 1.66 bits per heavy atom. The number of amides is 1. The molecule has 1 heterocycles. The molecule has 1 aliphatic heterocycles. The maximum absolute atomic E-state index is 13.7. The van der Waals surface area contributed by atoms with E-state index in [4.69, 9.17) is 21.1 Å². The third-order valence-corrected chi connectivity index (χ3v) is 8.77. The van der Waals surface area contributed by atoms with E-state index in [0.29, 0.717) is 44.0 Å². The van der Waals surface area contributed by atoms with Crippen LogP contribution in [0.5, 0.6) is 5.75 Å². The number of rotatable bonds is 15. The smallest absolute Gasteiger partial charge is 0.417 e. The number of benzene rings is 4. The number of hydrogen-bond donors (Lipinski definition) is 1. The van der Waals surface area contributed by atoms with Crippen LogP contribution in [0.1, 0.15) is 53.0 Å². The number of hydrogen-bond acceptors (Lipinski definition) is 4. The Balaban J connectivity index is 1.25. The third-order valence-electron chi connectivity index (χ3n) is 8.32. The number of carbonyl (C=O) groups excluding carboxylic acids is 1. The van der Waals surface area contributed by atoms with Crippen molar-refractivity contribution in [3.8, 4) is 5.75 Å². The average molecular weight is 665 g/mol. The highest BCUT2D eigenvalue weighted by atomic mass is 35.5. The van der Waals surface area contributed by atoms with Gasteiger partial charge in [0.2, 0.25) is 5.91 Å². The molecule has 0 bridgehead atoms. The van der Waals surface area contributed by atoms with Gasteiger partial charge in [0.05, 0.1) is 29.7 Å². The van der Waals surface area contributed by atoms with Gasteiger partial charge in [-0.25, -0.2) is 0 Å². The first-order chi connectivity index (χ1) is 22.8. The molecular formula is C38H40ClF3N2O3. The molecule has 9 heteroatoms. The lowest BCUT2D eigenvalue weighted by atomic mass is 9.90. The molecule has 248 valence electrons. The van der Waals surface area contributed by atoms with E-state index in [9.17, 15) is 18.0 Å². The molecule has 0 spiro atoms.